The number of rotatable bonds is 1. The number of hydrogen-bond acceptors (Lipinski definition) is 1. The van der Waals surface area contributed by atoms with Gasteiger partial charge in [0.05, 0.1) is 0 Å². The molecule has 0 radical (unpaired) electrons. The Morgan fingerprint density at radius 1 is 1.38 bits per heavy atom. The summed E-state index contributed by atoms with van der Waals surface area (Å²) >= 11 is 0. The van der Waals surface area contributed by atoms with E-state index in [0.717, 1.165) is 0 Å². The lowest BCUT2D eigenvalue weighted by Gasteiger charge is -1.92. The second-order valence-corrected chi connectivity index (χ2v) is 2.94. The second-order valence-electron chi connectivity index (χ2n) is 0.981. The van der Waals surface area contributed by atoms with Crippen LogP contribution < -0.4 is 0 Å². The van der Waals surface area contributed by atoms with Crippen molar-refractivity contribution in [1.29, 1.82) is 0 Å². The van der Waals surface area contributed by atoms with Crippen LogP contribution in [0.5, 0.6) is 0 Å². The van der Waals surface area contributed by atoms with Crippen molar-refractivity contribution >= 4 is 7.60 Å². The summed E-state index contributed by atoms with van der Waals surface area (Å²) < 4.78 is 9.69. The minimum Gasteiger partial charge on any atom is -0.324 e. The zero-order chi connectivity index (χ0) is 7.21. The van der Waals surface area contributed by atoms with Gasteiger partial charge in [-0.25, -0.2) is 0 Å². The predicted molar refractivity (Wildman–Crippen MR) is 33.9 cm³/mol. The Bertz CT molecular complexity index is 75.4. The molecular formula is C4H13O3P. The van der Waals surface area contributed by atoms with E-state index in [2.05, 4.69) is 0 Å². The highest BCUT2D eigenvalue weighted by molar-refractivity contribution is 7.51. The summed E-state index contributed by atoms with van der Waals surface area (Å²) in [4.78, 5) is 15.9. The average molecular weight is 140 g/mol. The molecule has 0 aromatic heterocycles. The Kier molecular flexibility index (Phi) is 7.28. The molecular weight excluding hydrogens is 127 g/mol. The van der Waals surface area contributed by atoms with Crippen LogP contribution in [0.2, 0.25) is 0 Å². The highest BCUT2D eigenvalue weighted by atomic mass is 31.2. The van der Waals surface area contributed by atoms with Gasteiger partial charge in [-0.1, -0.05) is 20.8 Å². The Hall–Kier alpha value is 0.150. The highest BCUT2D eigenvalue weighted by Gasteiger charge is 2.05. The highest BCUT2D eigenvalue weighted by Crippen LogP contribution is 2.32. The summed E-state index contributed by atoms with van der Waals surface area (Å²) in [6, 6.07) is 0. The molecule has 0 saturated carbocycles. The fourth-order valence-corrected chi connectivity index (χ4v) is 0. The smallest absolute Gasteiger partial charge is 0.324 e. The van der Waals surface area contributed by atoms with Crippen molar-refractivity contribution in [1.82, 2.24) is 0 Å². The van der Waals surface area contributed by atoms with Crippen LogP contribution in [0.25, 0.3) is 0 Å². The molecule has 0 fully saturated rings. The first-order valence-corrected chi connectivity index (χ1v) is 4.40. The monoisotopic (exact) mass is 140 g/mol. The van der Waals surface area contributed by atoms with Gasteiger partial charge in [-0.15, -0.1) is 0 Å². The van der Waals surface area contributed by atoms with Gasteiger partial charge >= 0.3 is 7.60 Å². The maximum absolute atomic E-state index is 9.69. The molecule has 0 spiro atoms. The molecule has 0 aromatic rings. The van der Waals surface area contributed by atoms with Crippen LogP contribution in [0.4, 0.5) is 0 Å². The zero-order valence-electron chi connectivity index (χ0n) is 5.46. The molecule has 0 saturated heterocycles. The molecule has 0 rings (SSSR count). The molecule has 0 unspecified atom stereocenters. The van der Waals surface area contributed by atoms with E-state index in [9.17, 15) is 4.57 Å². The maximum atomic E-state index is 9.69. The topological polar surface area (TPSA) is 57.5 Å². The van der Waals surface area contributed by atoms with Gasteiger partial charge < -0.3 is 9.79 Å². The van der Waals surface area contributed by atoms with Crippen molar-refractivity contribution in [3.05, 3.63) is 0 Å². The normalized spacial score (nSPS) is 9.62. The van der Waals surface area contributed by atoms with Crippen LogP contribution in [-0.4, -0.2) is 15.9 Å². The van der Waals surface area contributed by atoms with Crippen molar-refractivity contribution in [2.75, 3.05) is 6.16 Å². The average Bonchev–Trinajstić information content (AvgIpc) is 1.71. The van der Waals surface area contributed by atoms with E-state index >= 15 is 0 Å². The first-order valence-electron chi connectivity index (χ1n) is 2.61. The number of hydrogen-bond donors (Lipinski definition) is 2. The van der Waals surface area contributed by atoms with Gasteiger partial charge in [0.25, 0.3) is 0 Å². The fraction of sp³-hybridized carbons (Fsp3) is 1.00. The molecule has 0 aliphatic heterocycles. The third-order valence-electron chi connectivity index (χ3n) is 0.412. The largest absolute Gasteiger partial charge is 0.325 e. The Morgan fingerprint density at radius 3 is 1.50 bits per heavy atom. The summed E-state index contributed by atoms with van der Waals surface area (Å²) in [7, 11) is -3.65. The Balaban J connectivity index is 0. The van der Waals surface area contributed by atoms with Crippen molar-refractivity contribution < 1.29 is 14.4 Å². The van der Waals surface area contributed by atoms with E-state index in [1.54, 1.807) is 0 Å². The third kappa shape index (κ3) is 16.4. The Labute approximate surface area is 49.9 Å². The molecule has 0 atom stereocenters. The summed E-state index contributed by atoms with van der Waals surface area (Å²) in [6.07, 6.45) is -0.0625. The van der Waals surface area contributed by atoms with E-state index in [1.165, 1.54) is 6.92 Å². The van der Waals surface area contributed by atoms with Gasteiger partial charge in [0.1, 0.15) is 0 Å². The van der Waals surface area contributed by atoms with E-state index in [0.29, 0.717) is 0 Å². The third-order valence-corrected chi connectivity index (χ3v) is 1.24. The molecule has 0 amide bonds. The van der Waals surface area contributed by atoms with E-state index in [4.69, 9.17) is 9.79 Å². The molecule has 0 aliphatic carbocycles. The maximum Gasteiger partial charge on any atom is 0.325 e. The summed E-state index contributed by atoms with van der Waals surface area (Å²) in [5, 5.41) is 0. The summed E-state index contributed by atoms with van der Waals surface area (Å²) in [5.74, 6) is 0. The SMILES string of the molecule is CC.CCP(=O)(O)O. The lowest BCUT2D eigenvalue weighted by molar-refractivity contribution is 0.375. The van der Waals surface area contributed by atoms with Crippen molar-refractivity contribution in [3.63, 3.8) is 0 Å². The van der Waals surface area contributed by atoms with Gasteiger partial charge in [0.2, 0.25) is 0 Å². The van der Waals surface area contributed by atoms with Gasteiger partial charge in [0, 0.05) is 6.16 Å². The van der Waals surface area contributed by atoms with Crippen LogP contribution in [0.1, 0.15) is 20.8 Å². The Morgan fingerprint density at radius 2 is 1.50 bits per heavy atom. The molecule has 0 aliphatic rings. The predicted octanol–water partition coefficient (Wildman–Crippen LogP) is 1.21. The molecule has 8 heavy (non-hydrogen) atoms. The minimum atomic E-state index is -3.65. The van der Waals surface area contributed by atoms with Crippen LogP contribution in [-0.2, 0) is 4.57 Å². The van der Waals surface area contributed by atoms with Gasteiger partial charge in [-0.2, -0.15) is 0 Å². The van der Waals surface area contributed by atoms with Crippen molar-refractivity contribution in [2.24, 2.45) is 0 Å². The van der Waals surface area contributed by atoms with Gasteiger partial charge in [0.15, 0.2) is 0 Å². The standard InChI is InChI=1S/C2H7O3P.C2H6/c1-2-6(3,4)5;1-2/h2H2,1H3,(H2,3,4,5);1-2H3. The molecule has 0 heterocycles. The molecule has 3 nitrogen and oxygen atoms in total. The molecule has 52 valence electrons. The molecule has 0 aromatic carbocycles. The molecule has 4 heteroatoms. The van der Waals surface area contributed by atoms with E-state index in [-0.39, 0.29) is 6.16 Å². The first kappa shape index (κ1) is 11.0. The summed E-state index contributed by atoms with van der Waals surface area (Å²) in [6.45, 7) is 5.45. The van der Waals surface area contributed by atoms with Crippen LogP contribution >= 0.6 is 7.60 Å². The fourth-order valence-electron chi connectivity index (χ4n) is 0. The van der Waals surface area contributed by atoms with Crippen molar-refractivity contribution in [3.8, 4) is 0 Å². The first-order chi connectivity index (χ1) is 3.56. The summed E-state index contributed by atoms with van der Waals surface area (Å²) in [5.41, 5.74) is 0. The zero-order valence-corrected chi connectivity index (χ0v) is 6.35. The lowest BCUT2D eigenvalue weighted by atomic mass is 11.0. The van der Waals surface area contributed by atoms with Gasteiger partial charge in [-0.05, 0) is 0 Å². The lowest BCUT2D eigenvalue weighted by Crippen LogP contribution is -1.76. The second kappa shape index (κ2) is 5.29. The van der Waals surface area contributed by atoms with Crippen LogP contribution in [0, 0.1) is 0 Å². The van der Waals surface area contributed by atoms with Crippen molar-refractivity contribution in [2.45, 2.75) is 20.8 Å². The van der Waals surface area contributed by atoms with Crippen LogP contribution in [0.15, 0.2) is 0 Å². The van der Waals surface area contributed by atoms with E-state index in [1.807, 2.05) is 13.8 Å². The van der Waals surface area contributed by atoms with E-state index < -0.39 is 7.60 Å². The molecule has 2 N–H and O–H groups in total. The minimum absolute atomic E-state index is 0.0625. The van der Waals surface area contributed by atoms with Gasteiger partial charge in [-0.3, -0.25) is 4.57 Å². The van der Waals surface area contributed by atoms with Crippen LogP contribution in [0.3, 0.4) is 0 Å². The quantitative estimate of drug-likeness (QED) is 0.538. The molecule has 0 bridgehead atoms.